The lowest BCUT2D eigenvalue weighted by Crippen LogP contribution is -2.33. The lowest BCUT2D eigenvalue weighted by Gasteiger charge is -2.25. The van der Waals surface area contributed by atoms with E-state index in [1.165, 1.54) is 0 Å². The Morgan fingerprint density at radius 3 is 2.44 bits per heavy atom. The molecule has 1 amide bonds. The summed E-state index contributed by atoms with van der Waals surface area (Å²) in [5.74, 6) is -0.209. The van der Waals surface area contributed by atoms with Crippen molar-refractivity contribution in [2.45, 2.75) is 13.0 Å². The molecule has 0 heterocycles. The summed E-state index contributed by atoms with van der Waals surface area (Å²) in [5.41, 5.74) is 1.36. The molecule has 0 spiro atoms. The zero-order chi connectivity index (χ0) is 18.4. The van der Waals surface area contributed by atoms with E-state index in [1.54, 1.807) is 37.3 Å². The molecule has 0 radical (unpaired) electrons. The van der Waals surface area contributed by atoms with Gasteiger partial charge in [0.05, 0.1) is 23.2 Å². The quantitative estimate of drug-likeness (QED) is 0.685. The Bertz CT molecular complexity index is 748. The molecule has 0 saturated heterocycles. The number of methoxy groups -OCH3 is 1. The summed E-state index contributed by atoms with van der Waals surface area (Å²) >= 11 is 3.32. The van der Waals surface area contributed by atoms with Crippen LogP contribution in [0.15, 0.2) is 53.0 Å². The third-order valence-electron chi connectivity index (χ3n) is 3.97. The van der Waals surface area contributed by atoms with Crippen molar-refractivity contribution in [3.63, 3.8) is 0 Å². The van der Waals surface area contributed by atoms with Gasteiger partial charge in [0.25, 0.3) is 5.91 Å². The van der Waals surface area contributed by atoms with E-state index < -0.39 is 5.97 Å². The van der Waals surface area contributed by atoms with Crippen LogP contribution in [0.5, 0.6) is 5.75 Å². The van der Waals surface area contributed by atoms with E-state index in [2.05, 4.69) is 15.9 Å². The van der Waals surface area contributed by atoms with Gasteiger partial charge in [0.15, 0.2) is 6.61 Å². The van der Waals surface area contributed by atoms with Gasteiger partial charge in [-0.05, 0) is 46.6 Å². The van der Waals surface area contributed by atoms with Crippen molar-refractivity contribution < 1.29 is 19.1 Å². The fourth-order valence-corrected chi connectivity index (χ4v) is 2.82. The summed E-state index contributed by atoms with van der Waals surface area (Å²) < 4.78 is 10.9. The molecule has 0 bridgehead atoms. The second-order valence-electron chi connectivity index (χ2n) is 5.52. The van der Waals surface area contributed by atoms with Gasteiger partial charge in [-0.25, -0.2) is 4.79 Å². The zero-order valence-electron chi connectivity index (χ0n) is 14.4. The number of carbonyl (C=O) groups excluding carboxylic acids is 2. The normalized spacial score (nSPS) is 11.5. The van der Waals surface area contributed by atoms with Crippen LogP contribution in [0, 0.1) is 0 Å². The Morgan fingerprint density at radius 1 is 1.16 bits per heavy atom. The number of amides is 1. The molecule has 2 aromatic rings. The van der Waals surface area contributed by atoms with Crippen molar-refractivity contribution in [3.05, 3.63) is 64.1 Å². The molecule has 1 atom stereocenters. The molecular weight excluding hydrogens is 386 g/mol. The van der Waals surface area contributed by atoms with Gasteiger partial charge >= 0.3 is 5.97 Å². The van der Waals surface area contributed by atoms with E-state index in [4.69, 9.17) is 9.47 Å². The predicted octanol–water partition coefficient (Wildman–Crippen LogP) is 3.83. The number of benzene rings is 2. The number of likely N-dealkylation sites (N-methyl/N-ethyl adjacent to an activating group) is 1. The monoisotopic (exact) mass is 405 g/mol. The third kappa shape index (κ3) is 4.82. The van der Waals surface area contributed by atoms with E-state index >= 15 is 0 Å². The molecule has 0 aromatic heterocycles. The SMILES string of the molecule is COc1ccc(C(=O)OCC(=O)N(C)[C@@H](C)c2ccccc2)cc1Br. The second kappa shape index (κ2) is 8.67. The summed E-state index contributed by atoms with van der Waals surface area (Å²) in [6.07, 6.45) is 0. The van der Waals surface area contributed by atoms with Crippen molar-refractivity contribution in [2.24, 2.45) is 0 Å². The summed E-state index contributed by atoms with van der Waals surface area (Å²) in [5, 5.41) is 0. The van der Waals surface area contributed by atoms with Gasteiger partial charge in [0.2, 0.25) is 0 Å². The van der Waals surface area contributed by atoms with Crippen LogP contribution in [0.3, 0.4) is 0 Å². The van der Waals surface area contributed by atoms with Crippen LogP contribution in [-0.4, -0.2) is 37.5 Å². The van der Waals surface area contributed by atoms with Gasteiger partial charge in [-0.15, -0.1) is 0 Å². The number of carbonyl (C=O) groups is 2. The molecule has 0 fully saturated rings. The molecule has 5 nitrogen and oxygen atoms in total. The van der Waals surface area contributed by atoms with Gasteiger partial charge in [0.1, 0.15) is 5.75 Å². The van der Waals surface area contributed by atoms with Gasteiger partial charge in [-0.3, -0.25) is 4.79 Å². The average molecular weight is 406 g/mol. The van der Waals surface area contributed by atoms with Gasteiger partial charge < -0.3 is 14.4 Å². The van der Waals surface area contributed by atoms with Crippen LogP contribution in [0.4, 0.5) is 0 Å². The first kappa shape index (κ1) is 19.0. The Labute approximate surface area is 155 Å². The highest BCUT2D eigenvalue weighted by molar-refractivity contribution is 9.10. The first-order chi connectivity index (χ1) is 11.9. The number of hydrogen-bond donors (Lipinski definition) is 0. The Hall–Kier alpha value is -2.34. The van der Waals surface area contributed by atoms with Gasteiger partial charge in [-0.1, -0.05) is 30.3 Å². The predicted molar refractivity (Wildman–Crippen MR) is 98.6 cm³/mol. The molecule has 0 unspecified atom stereocenters. The minimum Gasteiger partial charge on any atom is -0.496 e. The molecule has 2 aromatic carbocycles. The van der Waals surface area contributed by atoms with Gasteiger partial charge in [-0.2, -0.15) is 0 Å². The van der Waals surface area contributed by atoms with Gasteiger partial charge in [0, 0.05) is 7.05 Å². The number of hydrogen-bond acceptors (Lipinski definition) is 4. The molecule has 6 heteroatoms. The topological polar surface area (TPSA) is 55.8 Å². The lowest BCUT2D eigenvalue weighted by molar-refractivity contribution is -0.135. The summed E-state index contributed by atoms with van der Waals surface area (Å²) in [7, 11) is 3.23. The van der Waals surface area contributed by atoms with Crippen LogP contribution >= 0.6 is 15.9 Å². The Kier molecular flexibility index (Phi) is 6.58. The molecule has 25 heavy (non-hydrogen) atoms. The van der Waals surface area contributed by atoms with Crippen LogP contribution in [-0.2, 0) is 9.53 Å². The molecule has 0 aliphatic carbocycles. The van der Waals surface area contributed by atoms with E-state index in [1.807, 2.05) is 37.3 Å². The zero-order valence-corrected chi connectivity index (χ0v) is 15.9. The van der Waals surface area contributed by atoms with Crippen molar-refractivity contribution in [2.75, 3.05) is 20.8 Å². The van der Waals surface area contributed by atoms with Crippen LogP contribution in [0.25, 0.3) is 0 Å². The number of halogens is 1. The molecule has 2 rings (SSSR count). The van der Waals surface area contributed by atoms with Crippen molar-refractivity contribution in [1.29, 1.82) is 0 Å². The summed E-state index contributed by atoms with van der Waals surface area (Å²) in [4.78, 5) is 26.0. The standard InChI is InChI=1S/C19H20BrNO4/c1-13(14-7-5-4-6-8-14)21(2)18(22)12-25-19(23)15-9-10-17(24-3)16(20)11-15/h4-11,13H,12H2,1-3H3/t13-/m0/s1. The molecular formula is C19H20BrNO4. The smallest absolute Gasteiger partial charge is 0.338 e. The highest BCUT2D eigenvalue weighted by Gasteiger charge is 2.19. The lowest BCUT2D eigenvalue weighted by atomic mass is 10.1. The van der Waals surface area contributed by atoms with Crippen LogP contribution in [0.1, 0.15) is 28.9 Å². The first-order valence-electron chi connectivity index (χ1n) is 7.75. The van der Waals surface area contributed by atoms with E-state index in [0.717, 1.165) is 5.56 Å². The van der Waals surface area contributed by atoms with E-state index in [9.17, 15) is 9.59 Å². The largest absolute Gasteiger partial charge is 0.496 e. The highest BCUT2D eigenvalue weighted by Crippen LogP contribution is 2.26. The minimum atomic E-state index is -0.558. The minimum absolute atomic E-state index is 0.109. The molecule has 132 valence electrons. The van der Waals surface area contributed by atoms with E-state index in [0.29, 0.717) is 15.8 Å². The fourth-order valence-electron chi connectivity index (χ4n) is 2.28. The van der Waals surface area contributed by atoms with E-state index in [-0.39, 0.29) is 18.6 Å². The summed E-state index contributed by atoms with van der Waals surface area (Å²) in [6.45, 7) is 1.62. The number of esters is 1. The maximum absolute atomic E-state index is 12.3. The molecule has 0 aliphatic rings. The third-order valence-corrected chi connectivity index (χ3v) is 4.59. The maximum atomic E-state index is 12.3. The fraction of sp³-hybridized carbons (Fsp3) is 0.263. The Morgan fingerprint density at radius 2 is 1.84 bits per heavy atom. The van der Waals surface area contributed by atoms with Crippen LogP contribution < -0.4 is 4.74 Å². The second-order valence-corrected chi connectivity index (χ2v) is 6.37. The van der Waals surface area contributed by atoms with Crippen LogP contribution in [0.2, 0.25) is 0 Å². The number of ether oxygens (including phenoxy) is 2. The first-order valence-corrected chi connectivity index (χ1v) is 8.54. The van der Waals surface area contributed by atoms with Crippen molar-refractivity contribution in [1.82, 2.24) is 4.90 Å². The van der Waals surface area contributed by atoms with Crippen molar-refractivity contribution >= 4 is 27.8 Å². The number of nitrogens with zero attached hydrogens (tertiary/aromatic N) is 1. The highest BCUT2D eigenvalue weighted by atomic mass is 79.9. The van der Waals surface area contributed by atoms with Crippen molar-refractivity contribution in [3.8, 4) is 5.75 Å². The maximum Gasteiger partial charge on any atom is 0.338 e. The molecule has 0 saturated carbocycles. The molecule has 0 N–H and O–H groups in total. The number of rotatable bonds is 6. The Balaban J connectivity index is 1.94. The molecule has 0 aliphatic heterocycles. The summed E-state index contributed by atoms with van der Waals surface area (Å²) in [6, 6.07) is 14.4. The average Bonchev–Trinajstić information content (AvgIpc) is 2.65.